The number of H-pyrrole nitrogens is 1. The van der Waals surface area contributed by atoms with Crippen LogP contribution in [0.4, 0.5) is 0 Å². The van der Waals surface area contributed by atoms with Crippen LogP contribution in [0.2, 0.25) is 0 Å². The molecular weight excluding hydrogens is 440 g/mol. The van der Waals surface area contributed by atoms with Crippen LogP contribution in [0.1, 0.15) is 83.3 Å². The zero-order valence-electron chi connectivity index (χ0n) is 21.4. The molecule has 7 nitrogen and oxygen atoms in total. The maximum atomic E-state index is 13.2. The van der Waals surface area contributed by atoms with Crippen molar-refractivity contribution < 1.29 is 9.53 Å². The van der Waals surface area contributed by atoms with E-state index in [1.54, 1.807) is 17.5 Å². The molecule has 4 rings (SSSR count). The number of nitrogens with one attached hydrogen (secondary N) is 1. The first-order chi connectivity index (χ1) is 16.7. The van der Waals surface area contributed by atoms with E-state index < -0.39 is 0 Å². The number of hydrogen-bond acceptors (Lipinski definition) is 5. The van der Waals surface area contributed by atoms with Gasteiger partial charge in [-0.1, -0.05) is 45.9 Å². The molecule has 0 atom stereocenters. The number of carbonyl (C=O) groups excluding carboxylic acids is 1. The molecule has 1 N–H and O–H groups in total. The molecule has 35 heavy (non-hydrogen) atoms. The predicted molar refractivity (Wildman–Crippen MR) is 138 cm³/mol. The van der Waals surface area contributed by atoms with E-state index in [1.165, 1.54) is 6.08 Å². The van der Waals surface area contributed by atoms with Gasteiger partial charge in [0.15, 0.2) is 11.3 Å². The van der Waals surface area contributed by atoms with E-state index in [4.69, 9.17) is 14.8 Å². The molecule has 2 aromatic heterocycles. The molecule has 7 heteroatoms. The molecule has 1 fully saturated rings. The molecule has 186 valence electrons. The van der Waals surface area contributed by atoms with Crippen LogP contribution in [0, 0.1) is 11.3 Å². The van der Waals surface area contributed by atoms with Crippen molar-refractivity contribution in [1.29, 1.82) is 0 Å². The Balaban J connectivity index is 1.70. The van der Waals surface area contributed by atoms with Crippen molar-refractivity contribution in [1.82, 2.24) is 19.6 Å². The average molecular weight is 477 g/mol. The first kappa shape index (κ1) is 24.9. The lowest BCUT2D eigenvalue weighted by Gasteiger charge is -2.36. The highest BCUT2D eigenvalue weighted by molar-refractivity contribution is 5.87. The largest absolute Gasteiger partial charge is 0.463 e. The molecule has 2 heterocycles. The molecule has 0 bridgehead atoms. The fraction of sp³-hybridized carbons (Fsp3) is 0.500. The molecule has 0 unspecified atom stereocenters. The van der Waals surface area contributed by atoms with Crippen molar-refractivity contribution in [2.24, 2.45) is 11.3 Å². The summed E-state index contributed by atoms with van der Waals surface area (Å²) in [6.07, 6.45) is 8.22. The van der Waals surface area contributed by atoms with E-state index in [2.05, 4.69) is 25.8 Å². The fourth-order valence-corrected chi connectivity index (χ4v) is 5.10. The second-order valence-electron chi connectivity index (χ2n) is 10.5. The van der Waals surface area contributed by atoms with Gasteiger partial charge in [-0.05, 0) is 68.1 Å². The van der Waals surface area contributed by atoms with Crippen molar-refractivity contribution in [3.63, 3.8) is 0 Å². The first-order valence-corrected chi connectivity index (χ1v) is 12.7. The van der Waals surface area contributed by atoms with Crippen molar-refractivity contribution in [3.05, 3.63) is 57.8 Å². The van der Waals surface area contributed by atoms with E-state index in [0.29, 0.717) is 41.6 Å². The zero-order chi connectivity index (χ0) is 25.2. The van der Waals surface area contributed by atoms with E-state index in [0.717, 1.165) is 48.3 Å². The number of rotatable bonds is 6. The van der Waals surface area contributed by atoms with Gasteiger partial charge in [0.25, 0.3) is 5.56 Å². The lowest BCUT2D eigenvalue weighted by molar-refractivity contribution is -0.137. The molecule has 0 radical (unpaired) electrons. The van der Waals surface area contributed by atoms with Gasteiger partial charge in [-0.2, -0.15) is 0 Å². The number of ether oxygens (including phenoxy) is 1. The number of fused-ring (bicyclic) bond motifs is 1. The minimum atomic E-state index is -0.387. The molecule has 1 aliphatic carbocycles. The minimum Gasteiger partial charge on any atom is -0.463 e. The Morgan fingerprint density at radius 2 is 1.94 bits per heavy atom. The predicted octanol–water partition coefficient (Wildman–Crippen LogP) is 5.54. The summed E-state index contributed by atoms with van der Waals surface area (Å²) in [5.74, 6) is 1.99. The summed E-state index contributed by atoms with van der Waals surface area (Å²) in [5, 5.41) is 4.87. The number of benzene rings is 1. The number of aromatic amines is 1. The summed E-state index contributed by atoms with van der Waals surface area (Å²) in [4.78, 5) is 32.7. The second-order valence-corrected chi connectivity index (χ2v) is 10.5. The third kappa shape index (κ3) is 5.39. The molecule has 1 aliphatic rings. The number of hydrogen-bond donors (Lipinski definition) is 1. The van der Waals surface area contributed by atoms with Gasteiger partial charge in [0.2, 0.25) is 0 Å². The van der Waals surface area contributed by atoms with Crippen molar-refractivity contribution in [2.75, 3.05) is 6.61 Å². The third-order valence-corrected chi connectivity index (χ3v) is 7.11. The van der Waals surface area contributed by atoms with Crippen molar-refractivity contribution in [2.45, 2.75) is 72.6 Å². The maximum Gasteiger partial charge on any atom is 0.330 e. The quantitative estimate of drug-likeness (QED) is 0.372. The summed E-state index contributed by atoms with van der Waals surface area (Å²) in [6.45, 7) is 11.1. The maximum absolute atomic E-state index is 13.2. The van der Waals surface area contributed by atoms with Crippen LogP contribution in [0.15, 0.2) is 35.1 Å². The summed E-state index contributed by atoms with van der Waals surface area (Å²) in [7, 11) is 0. The van der Waals surface area contributed by atoms with E-state index in [1.807, 2.05) is 31.2 Å². The number of imidazole rings is 1. The Morgan fingerprint density at radius 1 is 1.20 bits per heavy atom. The van der Waals surface area contributed by atoms with Gasteiger partial charge < -0.3 is 9.72 Å². The molecule has 3 aromatic rings. The Hall–Kier alpha value is -3.22. The standard InChI is InChI=1S/C28H36N4O3/c1-6-22-24-27(34)30-25(20-10-8-9-18(17-20)11-16-23(33)35-7-2)31-32(24)26(29-22)19-12-14-21(15-13-19)28(3,4)5/h8-11,16-17,19,21H,6-7,12-15H2,1-5H3,(H,30,31,34)/b16-11+. The number of nitrogens with zero attached hydrogens (tertiary/aromatic N) is 3. The number of aromatic nitrogens is 4. The topological polar surface area (TPSA) is 89.3 Å². The molecule has 1 saturated carbocycles. The second kappa shape index (κ2) is 10.2. The molecule has 0 amide bonds. The molecule has 0 saturated heterocycles. The highest BCUT2D eigenvalue weighted by Gasteiger charge is 2.32. The van der Waals surface area contributed by atoms with Gasteiger partial charge >= 0.3 is 5.97 Å². The highest BCUT2D eigenvalue weighted by atomic mass is 16.5. The monoisotopic (exact) mass is 476 g/mol. The SMILES string of the molecule is CCOC(=O)/C=C/c1cccc(-c2nn3c(C4CCC(C(C)(C)C)CC4)nc(CC)c3c(=O)[nH]2)c1. The Kier molecular flexibility index (Phi) is 7.24. The number of carbonyl (C=O) groups is 1. The van der Waals surface area contributed by atoms with E-state index in [9.17, 15) is 9.59 Å². The van der Waals surface area contributed by atoms with Gasteiger partial charge in [-0.15, -0.1) is 5.10 Å². The average Bonchev–Trinajstić information content (AvgIpc) is 3.22. The lowest BCUT2D eigenvalue weighted by atomic mass is 9.70. The van der Waals surface area contributed by atoms with Gasteiger partial charge in [0, 0.05) is 17.6 Å². The van der Waals surface area contributed by atoms with Crippen LogP contribution in [-0.4, -0.2) is 32.2 Å². The zero-order valence-corrected chi connectivity index (χ0v) is 21.4. The van der Waals surface area contributed by atoms with E-state index >= 15 is 0 Å². The summed E-state index contributed by atoms with van der Waals surface area (Å²) < 4.78 is 6.74. The minimum absolute atomic E-state index is 0.179. The summed E-state index contributed by atoms with van der Waals surface area (Å²) in [6, 6.07) is 7.56. The summed E-state index contributed by atoms with van der Waals surface area (Å²) in [5.41, 5.74) is 3.06. The molecular formula is C28H36N4O3. The number of esters is 1. The van der Waals surface area contributed by atoms with Gasteiger partial charge in [-0.3, -0.25) is 4.79 Å². The van der Waals surface area contributed by atoms with Crippen molar-refractivity contribution >= 4 is 17.6 Å². The Morgan fingerprint density at radius 3 is 2.60 bits per heavy atom. The van der Waals surface area contributed by atoms with Gasteiger partial charge in [0.1, 0.15) is 5.82 Å². The summed E-state index contributed by atoms with van der Waals surface area (Å²) >= 11 is 0. The van der Waals surface area contributed by atoms with Gasteiger partial charge in [0.05, 0.1) is 12.3 Å². The van der Waals surface area contributed by atoms with Crippen LogP contribution in [0.5, 0.6) is 0 Å². The fourth-order valence-electron chi connectivity index (χ4n) is 5.10. The highest BCUT2D eigenvalue weighted by Crippen LogP contribution is 2.43. The normalized spacial score (nSPS) is 18.9. The lowest BCUT2D eigenvalue weighted by Crippen LogP contribution is -2.26. The molecule has 0 spiro atoms. The molecule has 1 aromatic carbocycles. The van der Waals surface area contributed by atoms with Crippen LogP contribution in [0.3, 0.4) is 0 Å². The smallest absolute Gasteiger partial charge is 0.330 e. The Bertz CT molecular complexity index is 1290. The van der Waals surface area contributed by atoms with Crippen LogP contribution >= 0.6 is 0 Å². The van der Waals surface area contributed by atoms with E-state index in [-0.39, 0.29) is 11.5 Å². The van der Waals surface area contributed by atoms with Crippen LogP contribution < -0.4 is 5.56 Å². The Labute approximate surface area is 206 Å². The molecule has 0 aliphatic heterocycles. The van der Waals surface area contributed by atoms with Crippen LogP contribution in [-0.2, 0) is 16.0 Å². The van der Waals surface area contributed by atoms with Gasteiger partial charge in [-0.25, -0.2) is 14.3 Å². The number of aryl methyl sites for hydroxylation is 1. The third-order valence-electron chi connectivity index (χ3n) is 7.11. The first-order valence-electron chi connectivity index (χ1n) is 12.7. The van der Waals surface area contributed by atoms with Crippen molar-refractivity contribution in [3.8, 4) is 11.4 Å². The van der Waals surface area contributed by atoms with Crippen LogP contribution in [0.25, 0.3) is 23.0 Å².